The fourth-order valence-corrected chi connectivity index (χ4v) is 6.59. The van der Waals surface area contributed by atoms with E-state index in [1.165, 1.54) is 6.33 Å². The van der Waals surface area contributed by atoms with Crippen LogP contribution >= 0.6 is 0 Å². The average molecular weight is 366 g/mol. The van der Waals surface area contributed by atoms with Crippen LogP contribution in [0.25, 0.3) is 11.2 Å². The number of hydrogen-bond acceptors (Lipinski definition) is 7. The summed E-state index contributed by atoms with van der Waals surface area (Å²) >= 11 is 0. The third-order valence-electron chi connectivity index (χ3n) is 6.00. The largest absolute Gasteiger partial charge is 0.492 e. The van der Waals surface area contributed by atoms with Gasteiger partial charge in [-0.3, -0.25) is 4.57 Å². The first kappa shape index (κ1) is 18.2. The van der Waals surface area contributed by atoms with Crippen LogP contribution in [-0.2, 0) is 10.1 Å². The van der Waals surface area contributed by atoms with E-state index >= 15 is 0 Å². The highest BCUT2D eigenvalue weighted by atomic mass is 28.3. The van der Waals surface area contributed by atoms with Crippen molar-refractivity contribution >= 4 is 19.2 Å². The van der Waals surface area contributed by atoms with Crippen molar-refractivity contribution in [1.82, 2.24) is 19.5 Å². The second-order valence-electron chi connectivity index (χ2n) is 8.25. The summed E-state index contributed by atoms with van der Waals surface area (Å²) in [6.45, 7) is 10.6. The lowest BCUT2D eigenvalue weighted by molar-refractivity contribution is -0.0741. The number of fused-ring (bicyclic) bond motifs is 1. The van der Waals surface area contributed by atoms with Crippen molar-refractivity contribution in [2.24, 2.45) is 0 Å². The minimum absolute atomic E-state index is 0.0667. The Morgan fingerprint density at radius 2 is 2.00 bits per heavy atom. The highest BCUT2D eigenvalue weighted by molar-refractivity contribution is 6.82. The second kappa shape index (κ2) is 5.73. The molecule has 2 aromatic heterocycles. The molecule has 8 nitrogen and oxygen atoms in total. The van der Waals surface area contributed by atoms with Crippen LogP contribution in [0, 0.1) is 0 Å². The molecule has 0 amide bonds. The molecule has 2 aromatic rings. The van der Waals surface area contributed by atoms with Gasteiger partial charge in [0.05, 0.1) is 19.0 Å². The van der Waals surface area contributed by atoms with Crippen molar-refractivity contribution < 1.29 is 20.1 Å². The van der Waals surface area contributed by atoms with Gasteiger partial charge in [0, 0.05) is 6.42 Å². The van der Waals surface area contributed by atoms with Crippen LogP contribution in [0.3, 0.4) is 0 Å². The van der Waals surface area contributed by atoms with Gasteiger partial charge in [-0.1, -0.05) is 33.9 Å². The quantitative estimate of drug-likeness (QED) is 0.703. The topological polar surface area (TPSA) is 114 Å². The molecular weight excluding hydrogens is 340 g/mol. The van der Waals surface area contributed by atoms with E-state index in [2.05, 4.69) is 48.8 Å². The number of rotatable bonds is 3. The molecule has 25 heavy (non-hydrogen) atoms. The summed E-state index contributed by atoms with van der Waals surface area (Å²) in [5.74, 6) is -0.189. The lowest BCUT2D eigenvalue weighted by Crippen LogP contribution is -2.61. The molecule has 0 aromatic carbocycles. The zero-order chi connectivity index (χ0) is 18.6. The molecule has 3 N–H and O–H groups in total. The van der Waals surface area contributed by atoms with Crippen molar-refractivity contribution in [2.45, 2.75) is 62.9 Å². The van der Waals surface area contributed by atoms with Gasteiger partial charge in [0.15, 0.2) is 11.2 Å². The zero-order valence-corrected chi connectivity index (χ0v) is 16.3. The SMILES string of the molecule is CC(C)(C)[Si](C)(C)[C@]1(n2cnc3c(O)ncnc32)C[C@H](O)[C@@H](CO)O1. The van der Waals surface area contributed by atoms with Crippen molar-refractivity contribution in [3.63, 3.8) is 0 Å². The molecule has 0 unspecified atom stereocenters. The molecule has 0 saturated carbocycles. The summed E-state index contributed by atoms with van der Waals surface area (Å²) in [5.41, 5.74) is 0.759. The Labute approximate surface area is 147 Å². The van der Waals surface area contributed by atoms with Gasteiger partial charge in [-0.15, -0.1) is 0 Å². The van der Waals surface area contributed by atoms with Gasteiger partial charge in [-0.05, 0) is 5.04 Å². The summed E-state index contributed by atoms with van der Waals surface area (Å²) in [6.07, 6.45) is 1.76. The minimum Gasteiger partial charge on any atom is -0.492 e. The highest BCUT2D eigenvalue weighted by Crippen LogP contribution is 2.53. The molecule has 3 atom stereocenters. The molecule has 1 fully saturated rings. The van der Waals surface area contributed by atoms with Crippen LogP contribution in [0.2, 0.25) is 18.1 Å². The van der Waals surface area contributed by atoms with Crippen molar-refractivity contribution in [2.75, 3.05) is 6.61 Å². The molecule has 9 heteroatoms. The first-order valence-electron chi connectivity index (χ1n) is 8.39. The molecule has 0 bridgehead atoms. The van der Waals surface area contributed by atoms with Crippen LogP contribution in [0.4, 0.5) is 0 Å². The summed E-state index contributed by atoms with van der Waals surface area (Å²) in [6, 6.07) is 0. The zero-order valence-electron chi connectivity index (χ0n) is 15.3. The molecule has 1 aliphatic rings. The van der Waals surface area contributed by atoms with Gasteiger partial charge in [-0.25, -0.2) is 9.97 Å². The van der Waals surface area contributed by atoms with Crippen LogP contribution in [-0.4, -0.2) is 61.7 Å². The summed E-state index contributed by atoms with van der Waals surface area (Å²) in [7, 11) is -2.27. The Hall–Kier alpha value is -1.55. The molecule has 3 heterocycles. The van der Waals surface area contributed by atoms with Gasteiger partial charge < -0.3 is 20.1 Å². The number of nitrogens with zero attached hydrogens (tertiary/aromatic N) is 4. The lowest BCUT2D eigenvalue weighted by atomic mass is 10.2. The molecule has 0 spiro atoms. The normalized spacial score (nSPS) is 28.0. The number of hydrogen-bond donors (Lipinski definition) is 3. The Morgan fingerprint density at radius 3 is 2.56 bits per heavy atom. The van der Waals surface area contributed by atoms with E-state index in [1.54, 1.807) is 6.33 Å². The van der Waals surface area contributed by atoms with E-state index in [9.17, 15) is 15.3 Å². The standard InChI is InChI=1S/C16H26N4O4Si/c1-15(2,3)25(4,5)16(6-10(22)11(7-21)24-16)20-9-19-12-13(20)17-8-18-14(12)23/h8-11,21-22H,6-7H2,1-5H3,(H,17,18,23)/t10-,11+,16-/m0/s1. The molecule has 138 valence electrons. The fourth-order valence-electron chi connectivity index (χ4n) is 3.48. The average Bonchev–Trinajstić information content (AvgIpc) is 3.09. The monoisotopic (exact) mass is 366 g/mol. The van der Waals surface area contributed by atoms with Crippen molar-refractivity contribution in [3.05, 3.63) is 12.7 Å². The molecule has 1 saturated heterocycles. The third kappa shape index (κ3) is 2.49. The molecule has 1 aliphatic heterocycles. The van der Waals surface area contributed by atoms with Crippen LogP contribution in [0.1, 0.15) is 27.2 Å². The number of ether oxygens (including phenoxy) is 1. The van der Waals surface area contributed by atoms with Crippen molar-refractivity contribution in [1.29, 1.82) is 0 Å². The number of aliphatic hydroxyl groups excluding tert-OH is 2. The van der Waals surface area contributed by atoms with Gasteiger partial charge in [-0.2, -0.15) is 4.98 Å². The van der Waals surface area contributed by atoms with E-state index < -0.39 is 25.6 Å². The highest BCUT2D eigenvalue weighted by Gasteiger charge is 2.61. The summed E-state index contributed by atoms with van der Waals surface area (Å²) in [4.78, 5) is 12.3. The van der Waals surface area contributed by atoms with Crippen LogP contribution in [0.15, 0.2) is 12.7 Å². The second-order valence-corrected chi connectivity index (χ2v) is 13.8. The lowest BCUT2D eigenvalue weighted by Gasteiger charge is -2.50. The Morgan fingerprint density at radius 1 is 1.32 bits per heavy atom. The van der Waals surface area contributed by atoms with E-state index in [4.69, 9.17) is 4.74 Å². The molecular formula is C16H26N4O4Si. The Kier molecular flexibility index (Phi) is 4.18. The van der Waals surface area contributed by atoms with Crippen LogP contribution < -0.4 is 0 Å². The van der Waals surface area contributed by atoms with E-state index in [0.717, 1.165) is 0 Å². The first-order chi connectivity index (χ1) is 11.5. The van der Waals surface area contributed by atoms with Gasteiger partial charge in [0.2, 0.25) is 5.88 Å². The summed E-state index contributed by atoms with van der Waals surface area (Å²) < 4.78 is 8.16. The minimum atomic E-state index is -2.27. The third-order valence-corrected chi connectivity index (χ3v) is 12.3. The molecule has 0 aliphatic carbocycles. The summed E-state index contributed by atoms with van der Waals surface area (Å²) in [5, 5.41) is 29.2. The Bertz CT molecular complexity index is 788. The maximum atomic E-state index is 10.5. The van der Waals surface area contributed by atoms with Gasteiger partial charge in [0.1, 0.15) is 25.9 Å². The number of imidazole rings is 1. The Balaban J connectivity index is 2.27. The maximum absolute atomic E-state index is 10.5. The molecule has 0 radical (unpaired) electrons. The fraction of sp³-hybridized carbons (Fsp3) is 0.688. The number of aliphatic hydroxyl groups is 2. The van der Waals surface area contributed by atoms with E-state index in [-0.39, 0.29) is 17.5 Å². The maximum Gasteiger partial charge on any atom is 0.242 e. The smallest absolute Gasteiger partial charge is 0.242 e. The van der Waals surface area contributed by atoms with E-state index in [0.29, 0.717) is 17.6 Å². The van der Waals surface area contributed by atoms with E-state index in [1.807, 2.05) is 4.57 Å². The van der Waals surface area contributed by atoms with Gasteiger partial charge in [0.25, 0.3) is 0 Å². The number of aromatic hydroxyl groups is 1. The van der Waals surface area contributed by atoms with Gasteiger partial charge >= 0.3 is 0 Å². The molecule has 3 rings (SSSR count). The first-order valence-corrected chi connectivity index (χ1v) is 11.4. The predicted octanol–water partition coefficient (Wildman–Crippen LogP) is 1.37. The predicted molar refractivity (Wildman–Crippen MR) is 94.7 cm³/mol. The van der Waals surface area contributed by atoms with Crippen molar-refractivity contribution in [3.8, 4) is 5.88 Å². The number of aromatic nitrogens is 4. The van der Waals surface area contributed by atoms with Crippen LogP contribution in [0.5, 0.6) is 5.88 Å².